The first-order chi connectivity index (χ1) is 6.54. The molecular formula is C12H26N2O. The Labute approximate surface area is 94.0 Å². The van der Waals surface area contributed by atoms with E-state index in [0.717, 1.165) is 0 Å². The van der Waals surface area contributed by atoms with E-state index in [9.17, 15) is 4.79 Å². The smallest absolute Gasteiger partial charge is 0.234 e. The van der Waals surface area contributed by atoms with Gasteiger partial charge >= 0.3 is 0 Å². The largest absolute Gasteiger partial charge is 0.350 e. The molecule has 0 atom stereocenters. The minimum atomic E-state index is -0.142. The van der Waals surface area contributed by atoms with E-state index in [1.165, 1.54) is 0 Å². The summed E-state index contributed by atoms with van der Waals surface area (Å²) in [5, 5.41) is 6.20. The molecule has 0 heterocycles. The van der Waals surface area contributed by atoms with Crippen molar-refractivity contribution in [1.29, 1.82) is 0 Å². The van der Waals surface area contributed by atoms with Gasteiger partial charge in [-0.25, -0.2) is 0 Å². The van der Waals surface area contributed by atoms with Gasteiger partial charge in [0.1, 0.15) is 0 Å². The Morgan fingerprint density at radius 3 is 1.93 bits per heavy atom. The van der Waals surface area contributed by atoms with Crippen LogP contribution in [0, 0.1) is 5.92 Å². The molecule has 0 aromatic carbocycles. The van der Waals surface area contributed by atoms with Crippen LogP contribution in [0.2, 0.25) is 0 Å². The molecule has 0 radical (unpaired) electrons. The lowest BCUT2D eigenvalue weighted by Crippen LogP contribution is -2.52. The summed E-state index contributed by atoms with van der Waals surface area (Å²) in [6.07, 6.45) is 0. The summed E-state index contributed by atoms with van der Waals surface area (Å²) in [4.78, 5) is 11.6. The summed E-state index contributed by atoms with van der Waals surface area (Å²) in [5.41, 5.74) is -0.157. The number of hydrogen-bond donors (Lipinski definition) is 2. The second-order valence-electron chi connectivity index (χ2n) is 6.03. The summed E-state index contributed by atoms with van der Waals surface area (Å²) >= 11 is 0. The van der Waals surface area contributed by atoms with Gasteiger partial charge in [-0.3, -0.25) is 4.79 Å². The summed E-state index contributed by atoms with van der Waals surface area (Å²) < 4.78 is 0. The Hall–Kier alpha value is -0.570. The average molecular weight is 214 g/mol. The molecule has 0 fully saturated rings. The molecule has 0 aromatic rings. The van der Waals surface area contributed by atoms with E-state index in [1.807, 2.05) is 34.6 Å². The van der Waals surface area contributed by atoms with E-state index in [1.54, 1.807) is 0 Å². The first-order valence-electron chi connectivity index (χ1n) is 5.60. The van der Waals surface area contributed by atoms with Crippen molar-refractivity contribution >= 4 is 5.91 Å². The quantitative estimate of drug-likeness (QED) is 0.751. The van der Waals surface area contributed by atoms with E-state index in [4.69, 9.17) is 0 Å². The highest BCUT2D eigenvalue weighted by atomic mass is 16.2. The second-order valence-corrected chi connectivity index (χ2v) is 6.03. The standard InChI is InChI=1S/C12H26N2O/c1-9(2)12(6,7)14-10(15)8-13-11(3,4)5/h9,13H,8H2,1-7H3,(H,14,15). The fraction of sp³-hybridized carbons (Fsp3) is 0.917. The minimum absolute atomic E-state index is 0.0146. The van der Waals surface area contributed by atoms with Gasteiger partial charge in [-0.05, 0) is 40.5 Å². The van der Waals surface area contributed by atoms with E-state index in [2.05, 4.69) is 24.5 Å². The van der Waals surface area contributed by atoms with Crippen LogP contribution in [0.3, 0.4) is 0 Å². The van der Waals surface area contributed by atoms with Gasteiger partial charge in [-0.1, -0.05) is 13.8 Å². The van der Waals surface area contributed by atoms with Gasteiger partial charge in [0, 0.05) is 11.1 Å². The van der Waals surface area contributed by atoms with Gasteiger partial charge in [0.2, 0.25) is 5.91 Å². The predicted octanol–water partition coefficient (Wildman–Crippen LogP) is 1.93. The topological polar surface area (TPSA) is 41.1 Å². The van der Waals surface area contributed by atoms with Crippen molar-refractivity contribution in [2.45, 2.75) is 59.5 Å². The monoisotopic (exact) mass is 214 g/mol. The van der Waals surface area contributed by atoms with Crippen LogP contribution in [0.5, 0.6) is 0 Å². The third-order valence-corrected chi connectivity index (χ3v) is 2.68. The molecule has 0 unspecified atom stereocenters. The van der Waals surface area contributed by atoms with Crippen LogP contribution < -0.4 is 10.6 Å². The molecule has 0 spiro atoms. The van der Waals surface area contributed by atoms with Crippen LogP contribution in [-0.4, -0.2) is 23.5 Å². The molecule has 0 aromatic heterocycles. The fourth-order valence-corrected chi connectivity index (χ4v) is 0.893. The van der Waals surface area contributed by atoms with Crippen LogP contribution in [0.25, 0.3) is 0 Å². The Morgan fingerprint density at radius 2 is 1.60 bits per heavy atom. The summed E-state index contributed by atoms with van der Waals surface area (Å²) in [7, 11) is 0. The van der Waals surface area contributed by atoms with Crippen LogP contribution in [0.15, 0.2) is 0 Å². The van der Waals surface area contributed by atoms with Crippen LogP contribution in [0.4, 0.5) is 0 Å². The van der Waals surface area contributed by atoms with Gasteiger partial charge in [-0.2, -0.15) is 0 Å². The lowest BCUT2D eigenvalue weighted by atomic mass is 9.91. The summed E-state index contributed by atoms with van der Waals surface area (Å²) in [6, 6.07) is 0. The third kappa shape index (κ3) is 6.50. The molecule has 0 saturated carbocycles. The highest BCUT2D eigenvalue weighted by molar-refractivity contribution is 5.78. The summed E-state index contributed by atoms with van der Waals surface area (Å²) in [5.74, 6) is 0.486. The van der Waals surface area contributed by atoms with Crippen LogP contribution in [0.1, 0.15) is 48.5 Å². The van der Waals surface area contributed by atoms with Crippen molar-refractivity contribution in [3.63, 3.8) is 0 Å². The zero-order chi connectivity index (χ0) is 12.3. The minimum Gasteiger partial charge on any atom is -0.350 e. The molecule has 3 heteroatoms. The first kappa shape index (κ1) is 14.4. The number of amides is 1. The van der Waals surface area contributed by atoms with Crippen molar-refractivity contribution in [3.8, 4) is 0 Å². The average Bonchev–Trinajstić information content (AvgIpc) is 1.98. The van der Waals surface area contributed by atoms with Crippen LogP contribution in [-0.2, 0) is 4.79 Å². The zero-order valence-corrected chi connectivity index (χ0v) is 11.2. The molecule has 90 valence electrons. The van der Waals surface area contributed by atoms with Crippen LogP contribution >= 0.6 is 0 Å². The molecule has 0 rings (SSSR count). The maximum atomic E-state index is 11.6. The third-order valence-electron chi connectivity index (χ3n) is 2.68. The lowest BCUT2D eigenvalue weighted by molar-refractivity contribution is -0.122. The SMILES string of the molecule is CC(C)C(C)(C)NC(=O)CNC(C)(C)C. The van der Waals surface area contributed by atoms with Crippen molar-refractivity contribution in [2.24, 2.45) is 5.92 Å². The number of nitrogens with one attached hydrogen (secondary N) is 2. The van der Waals surface area contributed by atoms with E-state index in [0.29, 0.717) is 12.5 Å². The Morgan fingerprint density at radius 1 is 1.13 bits per heavy atom. The second kappa shape index (κ2) is 4.97. The molecule has 3 nitrogen and oxygen atoms in total. The highest BCUT2D eigenvalue weighted by Gasteiger charge is 2.24. The Bertz CT molecular complexity index is 214. The maximum absolute atomic E-state index is 11.6. The van der Waals surface area contributed by atoms with E-state index in [-0.39, 0.29) is 17.0 Å². The van der Waals surface area contributed by atoms with E-state index < -0.39 is 0 Å². The normalized spacial score (nSPS) is 13.1. The molecule has 0 aliphatic carbocycles. The van der Waals surface area contributed by atoms with E-state index >= 15 is 0 Å². The van der Waals surface area contributed by atoms with Gasteiger partial charge in [-0.15, -0.1) is 0 Å². The van der Waals surface area contributed by atoms with Crippen molar-refractivity contribution in [3.05, 3.63) is 0 Å². The summed E-state index contributed by atoms with van der Waals surface area (Å²) in [6.45, 7) is 14.8. The highest BCUT2D eigenvalue weighted by Crippen LogP contribution is 2.14. The Balaban J connectivity index is 4.05. The first-order valence-corrected chi connectivity index (χ1v) is 5.60. The molecule has 0 aliphatic rings. The number of carbonyl (C=O) groups excluding carboxylic acids is 1. The molecule has 2 N–H and O–H groups in total. The molecule has 1 amide bonds. The number of rotatable bonds is 4. The van der Waals surface area contributed by atoms with Gasteiger partial charge < -0.3 is 10.6 Å². The zero-order valence-electron chi connectivity index (χ0n) is 11.2. The Kier molecular flexibility index (Phi) is 4.78. The predicted molar refractivity (Wildman–Crippen MR) is 64.8 cm³/mol. The number of hydrogen-bond acceptors (Lipinski definition) is 2. The molecule has 0 bridgehead atoms. The van der Waals surface area contributed by atoms with Gasteiger partial charge in [0.05, 0.1) is 6.54 Å². The van der Waals surface area contributed by atoms with Gasteiger partial charge in [0.25, 0.3) is 0 Å². The molecule has 0 aliphatic heterocycles. The lowest BCUT2D eigenvalue weighted by Gasteiger charge is -2.31. The maximum Gasteiger partial charge on any atom is 0.234 e. The van der Waals surface area contributed by atoms with Crippen molar-refractivity contribution in [1.82, 2.24) is 10.6 Å². The molecule has 15 heavy (non-hydrogen) atoms. The molecule has 0 saturated heterocycles. The fourth-order valence-electron chi connectivity index (χ4n) is 0.893. The van der Waals surface area contributed by atoms with Crippen molar-refractivity contribution < 1.29 is 4.79 Å². The van der Waals surface area contributed by atoms with Gasteiger partial charge in [0.15, 0.2) is 0 Å². The molecular weight excluding hydrogens is 188 g/mol. The number of carbonyl (C=O) groups is 1. The van der Waals surface area contributed by atoms with Crippen molar-refractivity contribution in [2.75, 3.05) is 6.54 Å².